The minimum Gasteiger partial charge on any atom is -0.381 e. The third-order valence-corrected chi connectivity index (χ3v) is 4.16. The van der Waals surface area contributed by atoms with E-state index in [1.54, 1.807) is 0 Å². The van der Waals surface area contributed by atoms with Crippen LogP contribution in [-0.4, -0.2) is 38.9 Å². The first-order valence-electron chi connectivity index (χ1n) is 8.06. The molecule has 3 nitrogen and oxygen atoms in total. The lowest BCUT2D eigenvalue weighted by Crippen LogP contribution is -2.48. The van der Waals surface area contributed by atoms with E-state index in [0.29, 0.717) is 12.0 Å². The van der Waals surface area contributed by atoms with Crippen LogP contribution in [0.2, 0.25) is 0 Å². The number of nitrogens with one attached hydrogen (secondary N) is 1. The standard InChI is InChI=1S/C17H27FN2O/c1-3-10-19-17-9-11-21-13-14(17)12-20(4-2)16-7-5-15(18)6-8-16/h5-8,14,17,19H,3-4,9-13H2,1-2H3. The number of hydrogen-bond donors (Lipinski definition) is 1. The summed E-state index contributed by atoms with van der Waals surface area (Å²) in [6, 6.07) is 7.30. The maximum Gasteiger partial charge on any atom is 0.123 e. The minimum absolute atomic E-state index is 0.182. The van der Waals surface area contributed by atoms with Gasteiger partial charge in [-0.25, -0.2) is 4.39 Å². The van der Waals surface area contributed by atoms with Gasteiger partial charge in [0.1, 0.15) is 5.82 Å². The van der Waals surface area contributed by atoms with E-state index in [1.165, 1.54) is 12.1 Å². The molecule has 4 heteroatoms. The van der Waals surface area contributed by atoms with Gasteiger partial charge in [0.25, 0.3) is 0 Å². The van der Waals surface area contributed by atoms with Crippen LogP contribution in [0.3, 0.4) is 0 Å². The second-order valence-corrected chi connectivity index (χ2v) is 5.70. The Balaban J connectivity index is 1.99. The summed E-state index contributed by atoms with van der Waals surface area (Å²) in [6.07, 6.45) is 2.23. The van der Waals surface area contributed by atoms with Crippen LogP contribution in [0.4, 0.5) is 10.1 Å². The van der Waals surface area contributed by atoms with Gasteiger partial charge in [-0.15, -0.1) is 0 Å². The van der Waals surface area contributed by atoms with Crippen molar-refractivity contribution in [2.24, 2.45) is 5.92 Å². The summed E-state index contributed by atoms with van der Waals surface area (Å²) in [6.45, 7) is 8.91. The van der Waals surface area contributed by atoms with Crippen LogP contribution in [0, 0.1) is 11.7 Å². The van der Waals surface area contributed by atoms with Crippen molar-refractivity contribution in [2.45, 2.75) is 32.7 Å². The van der Waals surface area contributed by atoms with Gasteiger partial charge >= 0.3 is 0 Å². The lowest BCUT2D eigenvalue weighted by molar-refractivity contribution is 0.0348. The molecular formula is C17H27FN2O. The molecule has 0 radical (unpaired) electrons. The lowest BCUT2D eigenvalue weighted by Gasteiger charge is -2.36. The zero-order valence-electron chi connectivity index (χ0n) is 13.1. The zero-order valence-corrected chi connectivity index (χ0v) is 13.1. The fraction of sp³-hybridized carbons (Fsp3) is 0.647. The normalized spacial score (nSPS) is 22.2. The van der Waals surface area contributed by atoms with Crippen LogP contribution in [0.5, 0.6) is 0 Å². The molecule has 21 heavy (non-hydrogen) atoms. The van der Waals surface area contributed by atoms with Gasteiger partial charge in [-0.3, -0.25) is 0 Å². The van der Waals surface area contributed by atoms with Crippen molar-refractivity contribution in [2.75, 3.05) is 37.7 Å². The number of benzene rings is 1. The van der Waals surface area contributed by atoms with Crippen molar-refractivity contribution in [3.63, 3.8) is 0 Å². The summed E-state index contributed by atoms with van der Waals surface area (Å²) in [7, 11) is 0. The summed E-state index contributed by atoms with van der Waals surface area (Å²) < 4.78 is 18.7. The molecule has 1 heterocycles. The number of anilines is 1. The number of nitrogens with zero attached hydrogens (tertiary/aromatic N) is 1. The number of rotatable bonds is 7. The summed E-state index contributed by atoms with van der Waals surface area (Å²) in [5.41, 5.74) is 1.08. The predicted octanol–water partition coefficient (Wildman–Crippen LogP) is 3.06. The Morgan fingerprint density at radius 1 is 1.29 bits per heavy atom. The highest BCUT2D eigenvalue weighted by atomic mass is 19.1. The van der Waals surface area contributed by atoms with Crippen molar-refractivity contribution in [1.29, 1.82) is 0 Å². The van der Waals surface area contributed by atoms with Gasteiger partial charge in [0, 0.05) is 37.3 Å². The molecule has 2 rings (SSSR count). The van der Waals surface area contributed by atoms with Gasteiger partial charge in [0.2, 0.25) is 0 Å². The molecule has 1 aromatic carbocycles. The molecular weight excluding hydrogens is 267 g/mol. The number of ether oxygens (including phenoxy) is 1. The molecule has 1 fully saturated rings. The zero-order chi connectivity index (χ0) is 15.1. The molecule has 1 aromatic rings. The van der Waals surface area contributed by atoms with Gasteiger partial charge in [0.05, 0.1) is 6.61 Å². The summed E-state index contributed by atoms with van der Waals surface area (Å²) in [5, 5.41) is 3.64. The molecule has 0 spiro atoms. The smallest absolute Gasteiger partial charge is 0.123 e. The Bertz CT molecular complexity index is 410. The fourth-order valence-corrected chi connectivity index (χ4v) is 2.93. The van der Waals surface area contributed by atoms with Crippen LogP contribution < -0.4 is 10.2 Å². The highest BCUT2D eigenvalue weighted by Gasteiger charge is 2.26. The predicted molar refractivity (Wildman–Crippen MR) is 85.3 cm³/mol. The summed E-state index contributed by atoms with van der Waals surface area (Å²) in [4.78, 5) is 2.30. The van der Waals surface area contributed by atoms with Crippen molar-refractivity contribution < 1.29 is 9.13 Å². The third kappa shape index (κ3) is 4.68. The Labute approximate surface area is 127 Å². The van der Waals surface area contributed by atoms with Gasteiger partial charge in [-0.2, -0.15) is 0 Å². The molecule has 1 aliphatic rings. The van der Waals surface area contributed by atoms with Gasteiger partial charge in [-0.1, -0.05) is 6.92 Å². The number of halogens is 1. The van der Waals surface area contributed by atoms with Gasteiger partial charge in [0.15, 0.2) is 0 Å². The van der Waals surface area contributed by atoms with Crippen LogP contribution in [-0.2, 0) is 4.74 Å². The van der Waals surface area contributed by atoms with Gasteiger partial charge in [-0.05, 0) is 50.6 Å². The van der Waals surface area contributed by atoms with Crippen molar-refractivity contribution in [1.82, 2.24) is 5.32 Å². The molecule has 2 unspecified atom stereocenters. The first kappa shape index (κ1) is 16.2. The summed E-state index contributed by atoms with van der Waals surface area (Å²) >= 11 is 0. The summed E-state index contributed by atoms with van der Waals surface area (Å²) in [5.74, 6) is 0.300. The largest absolute Gasteiger partial charge is 0.381 e. The molecule has 2 atom stereocenters. The SMILES string of the molecule is CCCNC1CCOCC1CN(CC)c1ccc(F)cc1. The first-order valence-corrected chi connectivity index (χ1v) is 8.06. The topological polar surface area (TPSA) is 24.5 Å². The minimum atomic E-state index is -0.182. The fourth-order valence-electron chi connectivity index (χ4n) is 2.93. The Kier molecular flexibility index (Phi) is 6.46. The maximum absolute atomic E-state index is 13.1. The van der Waals surface area contributed by atoms with E-state index in [0.717, 1.165) is 51.4 Å². The van der Waals surface area contributed by atoms with E-state index in [1.807, 2.05) is 12.1 Å². The van der Waals surface area contributed by atoms with Crippen molar-refractivity contribution in [3.05, 3.63) is 30.1 Å². The molecule has 0 aromatic heterocycles. The molecule has 1 N–H and O–H groups in total. The van der Waals surface area contributed by atoms with Crippen LogP contribution >= 0.6 is 0 Å². The quantitative estimate of drug-likeness (QED) is 0.836. The highest BCUT2D eigenvalue weighted by molar-refractivity contribution is 5.46. The molecule has 1 saturated heterocycles. The third-order valence-electron chi connectivity index (χ3n) is 4.16. The highest BCUT2D eigenvalue weighted by Crippen LogP contribution is 2.21. The van der Waals surface area contributed by atoms with Gasteiger partial charge < -0.3 is 15.0 Å². The molecule has 0 amide bonds. The first-order chi connectivity index (χ1) is 10.2. The van der Waals surface area contributed by atoms with E-state index in [4.69, 9.17) is 4.74 Å². The van der Waals surface area contributed by atoms with E-state index in [-0.39, 0.29) is 5.82 Å². The maximum atomic E-state index is 13.1. The molecule has 118 valence electrons. The van der Waals surface area contributed by atoms with Crippen LogP contribution in [0.15, 0.2) is 24.3 Å². The van der Waals surface area contributed by atoms with E-state index in [9.17, 15) is 4.39 Å². The second kappa shape index (κ2) is 8.35. The monoisotopic (exact) mass is 294 g/mol. The molecule has 0 aliphatic carbocycles. The average molecular weight is 294 g/mol. The molecule has 0 saturated carbocycles. The second-order valence-electron chi connectivity index (χ2n) is 5.70. The Morgan fingerprint density at radius 2 is 2.05 bits per heavy atom. The lowest BCUT2D eigenvalue weighted by atomic mass is 9.94. The number of hydrogen-bond acceptors (Lipinski definition) is 3. The van der Waals surface area contributed by atoms with Crippen LogP contribution in [0.1, 0.15) is 26.7 Å². The molecule has 1 aliphatic heterocycles. The molecule has 0 bridgehead atoms. The Hall–Kier alpha value is -1.13. The van der Waals surface area contributed by atoms with E-state index < -0.39 is 0 Å². The van der Waals surface area contributed by atoms with Crippen molar-refractivity contribution in [3.8, 4) is 0 Å². The average Bonchev–Trinajstić information content (AvgIpc) is 2.52. The van der Waals surface area contributed by atoms with Crippen LogP contribution in [0.25, 0.3) is 0 Å². The van der Waals surface area contributed by atoms with Crippen molar-refractivity contribution >= 4 is 5.69 Å². The van der Waals surface area contributed by atoms with E-state index in [2.05, 4.69) is 24.1 Å². The Morgan fingerprint density at radius 3 is 2.71 bits per heavy atom. The van der Waals surface area contributed by atoms with E-state index >= 15 is 0 Å².